The van der Waals surface area contributed by atoms with E-state index in [4.69, 9.17) is 10.5 Å². The molecular formula is C32H41N7O3. The molecule has 0 radical (unpaired) electrons. The van der Waals surface area contributed by atoms with Crippen molar-refractivity contribution in [3.8, 4) is 11.5 Å². The van der Waals surface area contributed by atoms with Gasteiger partial charge in [-0.15, -0.1) is 4.91 Å². The molecular weight excluding hydrogens is 530 g/mol. The number of carbonyl (C=O) groups excluding carboxylic acids is 1. The number of pyridine rings is 1. The molecule has 0 spiro atoms. The zero-order valence-electron chi connectivity index (χ0n) is 24.3. The Bertz CT molecular complexity index is 1280. The quantitative estimate of drug-likeness (QED) is 0.131. The average molecular weight is 572 g/mol. The SMILES string of the molecule is CN1CCCC(Nc2ccnc(N)c2N(N=O)c2ccc(Oc3ccccc3)cc2)C1.O=C/C=C/CN1CCCCC1. The molecule has 2 aromatic carbocycles. The summed E-state index contributed by atoms with van der Waals surface area (Å²) in [6.07, 6.45) is 12.1. The summed E-state index contributed by atoms with van der Waals surface area (Å²) in [6, 6.07) is 18.7. The van der Waals surface area contributed by atoms with Crippen LogP contribution in [0.5, 0.6) is 11.5 Å². The van der Waals surface area contributed by atoms with Gasteiger partial charge in [-0.2, -0.15) is 5.01 Å². The van der Waals surface area contributed by atoms with E-state index in [2.05, 4.69) is 32.4 Å². The van der Waals surface area contributed by atoms with Crippen molar-refractivity contribution in [3.63, 3.8) is 0 Å². The number of hydrogen-bond acceptors (Lipinski definition) is 9. The lowest BCUT2D eigenvalue weighted by Crippen LogP contribution is -2.40. The third kappa shape index (κ3) is 9.12. The number of ether oxygens (including phenoxy) is 1. The molecule has 10 heteroatoms. The number of nitroso groups, excluding NO2 is 1. The second-order valence-electron chi connectivity index (χ2n) is 10.6. The normalized spacial score (nSPS) is 17.6. The van der Waals surface area contributed by atoms with E-state index in [9.17, 15) is 9.70 Å². The van der Waals surface area contributed by atoms with Crippen LogP contribution < -0.4 is 20.8 Å². The topological polar surface area (TPSA) is 116 Å². The van der Waals surface area contributed by atoms with Crippen LogP contribution in [0.2, 0.25) is 0 Å². The Morgan fingerprint density at radius 2 is 1.76 bits per heavy atom. The van der Waals surface area contributed by atoms with Crippen molar-refractivity contribution in [3.05, 3.63) is 83.9 Å². The predicted molar refractivity (Wildman–Crippen MR) is 169 cm³/mol. The maximum absolute atomic E-state index is 11.9. The maximum Gasteiger partial charge on any atom is 0.151 e. The van der Waals surface area contributed by atoms with Gasteiger partial charge in [-0.1, -0.05) is 30.7 Å². The van der Waals surface area contributed by atoms with Crippen LogP contribution in [-0.4, -0.2) is 66.9 Å². The lowest BCUT2D eigenvalue weighted by atomic mass is 10.1. The third-order valence-electron chi connectivity index (χ3n) is 7.32. The summed E-state index contributed by atoms with van der Waals surface area (Å²) < 4.78 is 5.83. The summed E-state index contributed by atoms with van der Waals surface area (Å²) in [4.78, 5) is 30.6. The molecule has 1 atom stereocenters. The van der Waals surface area contributed by atoms with E-state index in [1.54, 1.807) is 36.5 Å². The molecule has 0 amide bonds. The Balaban J connectivity index is 0.000000310. The summed E-state index contributed by atoms with van der Waals surface area (Å²) >= 11 is 0. The van der Waals surface area contributed by atoms with Crippen molar-refractivity contribution in [2.75, 3.05) is 55.8 Å². The lowest BCUT2D eigenvalue weighted by molar-refractivity contribution is -0.104. The summed E-state index contributed by atoms with van der Waals surface area (Å²) in [6.45, 7) is 5.34. The number of para-hydroxylation sites is 1. The number of carbonyl (C=O) groups is 1. The fraction of sp³-hybridized carbons (Fsp3) is 0.375. The number of piperidine rings is 2. The van der Waals surface area contributed by atoms with Gasteiger partial charge in [0.15, 0.2) is 5.82 Å². The number of anilines is 4. The number of likely N-dealkylation sites (N-methyl/N-ethyl adjacent to an activating group) is 1. The number of nitrogens with zero attached hydrogens (tertiary/aromatic N) is 5. The summed E-state index contributed by atoms with van der Waals surface area (Å²) in [5.74, 6) is 1.63. The van der Waals surface area contributed by atoms with Gasteiger partial charge in [-0.3, -0.25) is 9.69 Å². The van der Waals surface area contributed by atoms with Crippen molar-refractivity contribution >= 4 is 29.2 Å². The molecule has 3 N–H and O–H groups in total. The Kier molecular flexibility index (Phi) is 11.9. The lowest BCUT2D eigenvalue weighted by Gasteiger charge is -2.32. The minimum absolute atomic E-state index is 0.235. The molecule has 222 valence electrons. The van der Waals surface area contributed by atoms with Crippen molar-refractivity contribution in [2.45, 2.75) is 38.1 Å². The van der Waals surface area contributed by atoms with Crippen LogP contribution in [0.25, 0.3) is 0 Å². The van der Waals surface area contributed by atoms with Gasteiger partial charge in [0, 0.05) is 25.3 Å². The van der Waals surface area contributed by atoms with Crippen LogP contribution in [0.4, 0.5) is 22.9 Å². The van der Waals surface area contributed by atoms with Gasteiger partial charge in [-0.25, -0.2) is 4.98 Å². The number of nitrogens with two attached hydrogens (primary N) is 1. The van der Waals surface area contributed by atoms with E-state index < -0.39 is 0 Å². The first-order valence-electron chi connectivity index (χ1n) is 14.6. The Hall–Kier alpha value is -4.28. The number of aldehydes is 1. The number of aromatic nitrogens is 1. The number of nitrogens with one attached hydrogen (secondary N) is 1. The van der Waals surface area contributed by atoms with E-state index in [0.717, 1.165) is 50.2 Å². The molecule has 10 nitrogen and oxygen atoms in total. The molecule has 42 heavy (non-hydrogen) atoms. The first kappa shape index (κ1) is 30.7. The minimum Gasteiger partial charge on any atom is -0.457 e. The standard InChI is InChI=1S/C23H26N6O2.C9H15NO/c1-28-15-5-6-17(16-28)26-21-13-14-25-23(24)22(21)29(27-30)18-9-11-20(12-10-18)31-19-7-3-2-4-8-19;11-9-5-4-8-10-6-2-1-3-7-10/h2-4,7-14,17H,5-6,15-16H2,1H3,(H3,24,25,26);4-5,9H,1-3,6-8H2/b;5-4+. The fourth-order valence-corrected chi connectivity index (χ4v) is 5.22. The van der Waals surface area contributed by atoms with Crippen LogP contribution in [0.1, 0.15) is 32.1 Å². The molecule has 0 bridgehead atoms. The predicted octanol–water partition coefficient (Wildman–Crippen LogP) is 6.01. The number of likely N-dealkylation sites (tertiary alicyclic amines) is 2. The Morgan fingerprint density at radius 1 is 1.02 bits per heavy atom. The first-order valence-corrected chi connectivity index (χ1v) is 14.6. The average Bonchev–Trinajstić information content (AvgIpc) is 3.01. The zero-order chi connectivity index (χ0) is 29.6. The smallest absolute Gasteiger partial charge is 0.151 e. The third-order valence-corrected chi connectivity index (χ3v) is 7.32. The van der Waals surface area contributed by atoms with E-state index >= 15 is 0 Å². The van der Waals surface area contributed by atoms with Crippen LogP contribution in [-0.2, 0) is 4.79 Å². The second kappa shape index (κ2) is 16.2. The van der Waals surface area contributed by atoms with E-state index in [1.807, 2.05) is 42.5 Å². The van der Waals surface area contributed by atoms with Gasteiger partial charge in [0.2, 0.25) is 0 Å². The van der Waals surface area contributed by atoms with Gasteiger partial charge in [0.05, 0.1) is 16.7 Å². The molecule has 1 unspecified atom stereocenters. The summed E-state index contributed by atoms with van der Waals surface area (Å²) in [5.41, 5.74) is 7.92. The van der Waals surface area contributed by atoms with Crippen molar-refractivity contribution < 1.29 is 9.53 Å². The molecule has 2 aliphatic heterocycles. The van der Waals surface area contributed by atoms with Gasteiger partial charge in [0.25, 0.3) is 0 Å². The zero-order valence-corrected chi connectivity index (χ0v) is 24.3. The maximum atomic E-state index is 11.9. The molecule has 5 rings (SSSR count). The highest BCUT2D eigenvalue weighted by Gasteiger charge is 2.23. The summed E-state index contributed by atoms with van der Waals surface area (Å²) in [5, 5.41) is 8.03. The number of hydrogen-bond donors (Lipinski definition) is 2. The van der Waals surface area contributed by atoms with Crippen LogP contribution in [0, 0.1) is 4.91 Å². The van der Waals surface area contributed by atoms with Crippen molar-refractivity contribution in [1.82, 2.24) is 14.8 Å². The minimum atomic E-state index is 0.235. The largest absolute Gasteiger partial charge is 0.457 e. The van der Waals surface area contributed by atoms with Crippen molar-refractivity contribution in [1.29, 1.82) is 0 Å². The molecule has 0 saturated carbocycles. The number of nitrogen functional groups attached to an aromatic ring is 1. The van der Waals surface area contributed by atoms with Gasteiger partial charge >= 0.3 is 0 Å². The van der Waals surface area contributed by atoms with Gasteiger partial charge in [-0.05, 0) is 101 Å². The Morgan fingerprint density at radius 3 is 2.45 bits per heavy atom. The van der Waals surface area contributed by atoms with Gasteiger partial charge < -0.3 is 20.7 Å². The van der Waals surface area contributed by atoms with Crippen LogP contribution in [0.15, 0.2) is 84.3 Å². The van der Waals surface area contributed by atoms with E-state index in [-0.39, 0.29) is 11.9 Å². The van der Waals surface area contributed by atoms with Crippen LogP contribution in [0.3, 0.4) is 0 Å². The molecule has 3 aromatic rings. The molecule has 2 saturated heterocycles. The number of allylic oxidation sites excluding steroid dienone is 1. The number of rotatable bonds is 10. The first-order chi connectivity index (χ1) is 20.6. The molecule has 0 aliphatic carbocycles. The molecule has 1 aromatic heterocycles. The molecule has 3 heterocycles. The monoisotopic (exact) mass is 571 g/mol. The van der Waals surface area contributed by atoms with E-state index in [0.29, 0.717) is 17.1 Å². The highest BCUT2D eigenvalue weighted by Crippen LogP contribution is 2.38. The van der Waals surface area contributed by atoms with Crippen molar-refractivity contribution in [2.24, 2.45) is 5.29 Å². The number of benzene rings is 2. The molecule has 2 aliphatic rings. The Labute approximate surface area is 248 Å². The fourth-order valence-electron chi connectivity index (χ4n) is 5.22. The summed E-state index contributed by atoms with van der Waals surface area (Å²) in [7, 11) is 2.11. The molecule has 2 fully saturated rings. The van der Waals surface area contributed by atoms with E-state index in [1.165, 1.54) is 37.4 Å². The van der Waals surface area contributed by atoms with Crippen LogP contribution >= 0.6 is 0 Å². The highest BCUT2D eigenvalue weighted by molar-refractivity contribution is 5.84. The van der Waals surface area contributed by atoms with Gasteiger partial charge in [0.1, 0.15) is 23.5 Å². The second-order valence-corrected chi connectivity index (χ2v) is 10.6. The highest BCUT2D eigenvalue weighted by atomic mass is 16.5.